The summed E-state index contributed by atoms with van der Waals surface area (Å²) in [5.41, 5.74) is 9.92. The molecule has 2 unspecified atom stereocenters. The molecule has 0 spiro atoms. The Hall–Kier alpha value is -7.17. The third-order valence-electron chi connectivity index (χ3n) is 12.4. The maximum Gasteiger partial charge on any atom is 0.164 e. The molecule has 3 aliphatic carbocycles. The van der Waals surface area contributed by atoms with Crippen LogP contribution in [-0.2, 0) is 5.41 Å². The van der Waals surface area contributed by atoms with Gasteiger partial charge in [-0.3, -0.25) is 0 Å². The molecule has 0 amide bonds. The predicted molar refractivity (Wildman–Crippen MR) is 222 cm³/mol. The van der Waals surface area contributed by atoms with E-state index in [1.807, 2.05) is 103 Å². The fourth-order valence-corrected chi connectivity index (χ4v) is 9.59. The molecule has 0 saturated heterocycles. The zero-order valence-electron chi connectivity index (χ0n) is 31.0. The van der Waals surface area contributed by atoms with Gasteiger partial charge >= 0.3 is 0 Å². The standard InChI is InChI=1S/C50H35N7/c51-30-31-14-16-32(17-15-31)33-18-20-36(21-19-33)46-53-47(37-22-24-42(25-23-37)50-28-40-27-41(29-50)43(40)50)57-49(56-46)39-13-7-12-38(26-39)48-54-44(34-8-3-1-4-9-34)52-45(55-48)35-10-5-2-6-11-35/h1-26,40-41,43H,27-29H2. The summed E-state index contributed by atoms with van der Waals surface area (Å²) in [7, 11) is 0. The highest BCUT2D eigenvalue weighted by molar-refractivity contribution is 5.74. The average Bonchev–Trinajstić information content (AvgIpc) is 3.29. The summed E-state index contributed by atoms with van der Waals surface area (Å²) in [6.45, 7) is 0. The highest BCUT2D eigenvalue weighted by Crippen LogP contribution is 2.77. The molecular weight excluding hydrogens is 699 g/mol. The Bertz CT molecular complexity index is 2760. The number of nitrogens with zero attached hydrogens (tertiary/aromatic N) is 7. The van der Waals surface area contributed by atoms with Gasteiger partial charge in [-0.1, -0.05) is 140 Å². The number of rotatable bonds is 8. The van der Waals surface area contributed by atoms with E-state index in [-0.39, 0.29) is 0 Å². The van der Waals surface area contributed by atoms with E-state index in [2.05, 4.69) is 60.7 Å². The Morgan fingerprint density at radius 1 is 0.404 bits per heavy atom. The van der Waals surface area contributed by atoms with E-state index in [9.17, 15) is 5.26 Å². The minimum absolute atomic E-state index is 0.397. The molecule has 3 saturated carbocycles. The van der Waals surface area contributed by atoms with Crippen molar-refractivity contribution in [1.82, 2.24) is 29.9 Å². The van der Waals surface area contributed by atoms with Crippen molar-refractivity contribution >= 4 is 0 Å². The van der Waals surface area contributed by atoms with Crippen molar-refractivity contribution in [2.75, 3.05) is 0 Å². The number of nitriles is 1. The summed E-state index contributed by atoms with van der Waals surface area (Å²) in [6.07, 6.45) is 4.11. The lowest BCUT2D eigenvalue weighted by Crippen LogP contribution is -2.71. The van der Waals surface area contributed by atoms with Crippen molar-refractivity contribution in [3.8, 4) is 85.5 Å². The summed E-state index contributed by atoms with van der Waals surface area (Å²) < 4.78 is 0. The van der Waals surface area contributed by atoms with E-state index < -0.39 is 0 Å². The second-order valence-electron chi connectivity index (χ2n) is 15.6. The Morgan fingerprint density at radius 3 is 1.19 bits per heavy atom. The SMILES string of the molecule is N#Cc1ccc(-c2ccc(-c3nc(-c4ccc(C56CC7CC(C5)C76)cc4)nc(-c4cccc(-c5nc(-c6ccccc6)nc(-c6ccccc6)n5)c4)n3)cc2)cc1. The summed E-state index contributed by atoms with van der Waals surface area (Å²) in [5, 5.41) is 9.26. The van der Waals surface area contributed by atoms with Crippen molar-refractivity contribution in [2.45, 2.75) is 24.7 Å². The molecule has 7 nitrogen and oxygen atoms in total. The number of benzene rings is 6. The zero-order chi connectivity index (χ0) is 37.9. The van der Waals surface area contributed by atoms with Gasteiger partial charge in [-0.05, 0) is 77.3 Å². The van der Waals surface area contributed by atoms with Crippen LogP contribution in [-0.4, -0.2) is 29.9 Å². The van der Waals surface area contributed by atoms with Crippen LogP contribution >= 0.6 is 0 Å². The van der Waals surface area contributed by atoms with Gasteiger partial charge < -0.3 is 0 Å². The van der Waals surface area contributed by atoms with Crippen molar-refractivity contribution in [2.24, 2.45) is 17.8 Å². The molecule has 7 heteroatoms. The molecule has 6 aromatic carbocycles. The molecule has 0 aliphatic heterocycles. The van der Waals surface area contributed by atoms with Gasteiger partial charge in [0.15, 0.2) is 34.9 Å². The Kier molecular flexibility index (Phi) is 7.71. The van der Waals surface area contributed by atoms with Crippen molar-refractivity contribution in [3.63, 3.8) is 0 Å². The van der Waals surface area contributed by atoms with Gasteiger partial charge in [-0.15, -0.1) is 0 Å². The smallest absolute Gasteiger partial charge is 0.164 e. The van der Waals surface area contributed by atoms with Gasteiger partial charge in [-0.25, -0.2) is 29.9 Å². The van der Waals surface area contributed by atoms with E-state index in [1.165, 1.54) is 24.8 Å². The van der Waals surface area contributed by atoms with Crippen LogP contribution < -0.4 is 0 Å². The highest BCUT2D eigenvalue weighted by atomic mass is 15.0. The third kappa shape index (κ3) is 5.72. The van der Waals surface area contributed by atoms with Crippen LogP contribution in [0.2, 0.25) is 0 Å². The number of aromatic nitrogens is 6. The van der Waals surface area contributed by atoms with Crippen molar-refractivity contribution in [1.29, 1.82) is 5.26 Å². The molecule has 57 heavy (non-hydrogen) atoms. The van der Waals surface area contributed by atoms with Gasteiger partial charge in [0.2, 0.25) is 0 Å². The van der Waals surface area contributed by atoms with Crippen LogP contribution in [0, 0.1) is 29.1 Å². The Morgan fingerprint density at radius 2 is 0.772 bits per heavy atom. The van der Waals surface area contributed by atoms with Crippen LogP contribution in [0.4, 0.5) is 0 Å². The number of hydrogen-bond donors (Lipinski definition) is 0. The van der Waals surface area contributed by atoms with E-state index in [1.54, 1.807) is 0 Å². The highest BCUT2D eigenvalue weighted by Gasteiger charge is 2.71. The quantitative estimate of drug-likeness (QED) is 0.153. The first kappa shape index (κ1) is 33.2. The molecule has 3 fully saturated rings. The summed E-state index contributed by atoms with van der Waals surface area (Å²) in [6, 6.07) is 55.2. The van der Waals surface area contributed by atoms with E-state index >= 15 is 0 Å². The van der Waals surface area contributed by atoms with E-state index in [4.69, 9.17) is 29.9 Å². The fourth-order valence-electron chi connectivity index (χ4n) is 9.59. The largest absolute Gasteiger partial charge is 0.208 e. The first-order chi connectivity index (χ1) is 28.1. The lowest BCUT2D eigenvalue weighted by molar-refractivity contribution is -0.219. The first-order valence-corrected chi connectivity index (χ1v) is 19.6. The van der Waals surface area contributed by atoms with Crippen molar-refractivity contribution in [3.05, 3.63) is 169 Å². The molecular formula is C50H35N7. The van der Waals surface area contributed by atoms with Gasteiger partial charge in [0.05, 0.1) is 11.6 Å². The lowest BCUT2D eigenvalue weighted by Gasteiger charge is -2.76. The minimum atomic E-state index is 0.397. The maximum atomic E-state index is 9.26. The normalized spacial score (nSPS) is 19.9. The van der Waals surface area contributed by atoms with Gasteiger partial charge in [0.1, 0.15) is 0 Å². The Balaban J connectivity index is 0.995. The third-order valence-corrected chi connectivity index (χ3v) is 12.4. The van der Waals surface area contributed by atoms with Crippen LogP contribution in [0.3, 0.4) is 0 Å². The molecule has 2 atom stereocenters. The van der Waals surface area contributed by atoms with Crippen molar-refractivity contribution < 1.29 is 0 Å². The second kappa shape index (κ2) is 13.2. The molecule has 11 rings (SSSR count). The minimum Gasteiger partial charge on any atom is -0.208 e. The Labute approximate surface area is 330 Å². The second-order valence-corrected chi connectivity index (χ2v) is 15.6. The summed E-state index contributed by atoms with van der Waals surface area (Å²) >= 11 is 0. The first-order valence-electron chi connectivity index (χ1n) is 19.6. The zero-order valence-corrected chi connectivity index (χ0v) is 31.0. The monoisotopic (exact) mass is 733 g/mol. The molecule has 270 valence electrons. The predicted octanol–water partition coefficient (Wildman–Crippen LogP) is 10.9. The molecule has 0 bridgehead atoms. The number of hydrogen-bond acceptors (Lipinski definition) is 7. The molecule has 2 heterocycles. The van der Waals surface area contributed by atoms with Gasteiger partial charge in [0, 0.05) is 33.4 Å². The molecule has 8 aromatic rings. The maximum absolute atomic E-state index is 9.26. The van der Waals surface area contributed by atoms with Crippen LogP contribution in [0.5, 0.6) is 0 Å². The van der Waals surface area contributed by atoms with Gasteiger partial charge in [-0.2, -0.15) is 5.26 Å². The fraction of sp³-hybridized carbons (Fsp3) is 0.140. The summed E-state index contributed by atoms with van der Waals surface area (Å²) in [5.74, 6) is 6.35. The van der Waals surface area contributed by atoms with E-state index in [0.717, 1.165) is 62.3 Å². The van der Waals surface area contributed by atoms with Crippen LogP contribution in [0.15, 0.2) is 158 Å². The molecule has 3 aliphatic rings. The lowest BCUT2D eigenvalue weighted by atomic mass is 9.28. The molecule has 0 N–H and O–H groups in total. The topological polar surface area (TPSA) is 101 Å². The van der Waals surface area contributed by atoms with E-state index in [0.29, 0.717) is 45.9 Å². The summed E-state index contributed by atoms with van der Waals surface area (Å²) in [4.78, 5) is 30.1. The molecule has 2 aromatic heterocycles. The average molecular weight is 734 g/mol. The van der Waals surface area contributed by atoms with Crippen LogP contribution in [0.25, 0.3) is 79.5 Å². The van der Waals surface area contributed by atoms with Crippen LogP contribution in [0.1, 0.15) is 30.4 Å². The molecule has 0 radical (unpaired) electrons. The van der Waals surface area contributed by atoms with Gasteiger partial charge in [0.25, 0.3) is 0 Å².